The second-order valence-electron chi connectivity index (χ2n) is 8.50. The zero-order valence-electron chi connectivity index (χ0n) is 19.1. The third-order valence-corrected chi connectivity index (χ3v) is 7.91. The summed E-state index contributed by atoms with van der Waals surface area (Å²) in [6, 6.07) is 17.4. The number of hydrogen-bond acceptors (Lipinski definition) is 4. The van der Waals surface area contributed by atoms with Gasteiger partial charge in [0, 0.05) is 49.0 Å². The molecule has 0 radical (unpaired) electrons. The smallest absolute Gasteiger partial charge is 0.282 e. The molecule has 1 aliphatic heterocycles. The van der Waals surface area contributed by atoms with E-state index >= 15 is 0 Å². The van der Waals surface area contributed by atoms with Gasteiger partial charge in [0.15, 0.2) is 0 Å². The summed E-state index contributed by atoms with van der Waals surface area (Å²) in [5, 5.41) is 5.46. The first-order valence-corrected chi connectivity index (χ1v) is 12.7. The van der Waals surface area contributed by atoms with E-state index < -0.39 is 10.2 Å². The molecule has 3 aromatic rings. The van der Waals surface area contributed by atoms with E-state index in [1.54, 1.807) is 7.05 Å². The van der Waals surface area contributed by atoms with Crippen LogP contribution in [0.25, 0.3) is 11.3 Å². The molecule has 7 nitrogen and oxygen atoms in total. The largest absolute Gasteiger partial charge is 0.373 e. The van der Waals surface area contributed by atoms with Gasteiger partial charge >= 0.3 is 0 Å². The zero-order chi connectivity index (χ0) is 23.6. The highest BCUT2D eigenvalue weighted by Crippen LogP contribution is 2.26. The monoisotopic (exact) mass is 488 g/mol. The molecule has 0 N–H and O–H groups in total. The maximum Gasteiger partial charge on any atom is 0.282 e. The Morgan fingerprint density at radius 3 is 2.33 bits per heavy atom. The quantitative estimate of drug-likeness (QED) is 0.503. The van der Waals surface area contributed by atoms with E-state index in [1.165, 1.54) is 8.61 Å². The fourth-order valence-corrected chi connectivity index (χ4v) is 5.83. The van der Waals surface area contributed by atoms with Crippen molar-refractivity contribution in [1.82, 2.24) is 18.4 Å². The lowest BCUT2D eigenvalue weighted by Gasteiger charge is -2.36. The highest BCUT2D eigenvalue weighted by molar-refractivity contribution is 7.86. The van der Waals surface area contributed by atoms with Crippen LogP contribution in [0.2, 0.25) is 5.02 Å². The van der Waals surface area contributed by atoms with Gasteiger partial charge in [-0.05, 0) is 25.5 Å². The van der Waals surface area contributed by atoms with Gasteiger partial charge in [0.05, 0.1) is 24.4 Å². The summed E-state index contributed by atoms with van der Waals surface area (Å²) in [7, 11) is -2.04. The maximum atomic E-state index is 13.3. The number of rotatable bonds is 7. The number of benzene rings is 2. The molecule has 2 heterocycles. The summed E-state index contributed by atoms with van der Waals surface area (Å²) in [4.78, 5) is 0. The van der Waals surface area contributed by atoms with Crippen molar-refractivity contribution in [2.45, 2.75) is 39.1 Å². The van der Waals surface area contributed by atoms with Gasteiger partial charge in [-0.25, -0.2) is 0 Å². The van der Waals surface area contributed by atoms with E-state index in [0.717, 1.165) is 22.4 Å². The molecule has 0 bridgehead atoms. The van der Waals surface area contributed by atoms with Crippen molar-refractivity contribution in [2.75, 3.05) is 20.1 Å². The van der Waals surface area contributed by atoms with Crippen LogP contribution in [0.5, 0.6) is 0 Å². The van der Waals surface area contributed by atoms with Crippen molar-refractivity contribution in [3.63, 3.8) is 0 Å². The number of nitrogens with zero attached hydrogens (tertiary/aromatic N) is 4. The van der Waals surface area contributed by atoms with Crippen LogP contribution in [0.4, 0.5) is 0 Å². The van der Waals surface area contributed by atoms with Gasteiger partial charge in [0.1, 0.15) is 0 Å². The second-order valence-corrected chi connectivity index (χ2v) is 10.9. The Hall–Kier alpha value is -2.23. The number of hydrogen-bond donors (Lipinski definition) is 0. The van der Waals surface area contributed by atoms with Crippen LogP contribution >= 0.6 is 11.6 Å². The highest BCUT2D eigenvalue weighted by atomic mass is 35.5. The molecular weight excluding hydrogens is 460 g/mol. The van der Waals surface area contributed by atoms with Crippen molar-refractivity contribution < 1.29 is 13.2 Å². The average molecular weight is 489 g/mol. The molecule has 2 aromatic carbocycles. The van der Waals surface area contributed by atoms with Crippen molar-refractivity contribution in [3.8, 4) is 11.3 Å². The summed E-state index contributed by atoms with van der Waals surface area (Å²) < 4.78 is 37.1. The SMILES string of the molecule is CC1CN(S(=O)(=O)N(C)Cc2cn(Cc3ccccc3Cl)nc2-c2ccccc2)CC(C)O1. The molecule has 0 aliphatic carbocycles. The number of aromatic nitrogens is 2. The third kappa shape index (κ3) is 5.47. The van der Waals surface area contributed by atoms with E-state index in [1.807, 2.05) is 79.3 Å². The first-order valence-electron chi connectivity index (χ1n) is 11.0. The Balaban J connectivity index is 1.63. The minimum atomic E-state index is -3.65. The Labute approximate surface area is 200 Å². The van der Waals surface area contributed by atoms with E-state index in [-0.39, 0.29) is 18.8 Å². The summed E-state index contributed by atoms with van der Waals surface area (Å²) >= 11 is 6.35. The number of halogens is 1. The highest BCUT2D eigenvalue weighted by Gasteiger charge is 2.34. The van der Waals surface area contributed by atoms with Gasteiger partial charge in [-0.3, -0.25) is 4.68 Å². The van der Waals surface area contributed by atoms with Crippen molar-refractivity contribution in [2.24, 2.45) is 0 Å². The van der Waals surface area contributed by atoms with Crippen LogP contribution in [-0.4, -0.2) is 59.2 Å². The number of ether oxygens (including phenoxy) is 1. The zero-order valence-corrected chi connectivity index (χ0v) is 20.6. The summed E-state index contributed by atoms with van der Waals surface area (Å²) in [6.07, 6.45) is 1.62. The lowest BCUT2D eigenvalue weighted by molar-refractivity contribution is -0.0453. The first-order chi connectivity index (χ1) is 15.7. The minimum Gasteiger partial charge on any atom is -0.373 e. The molecule has 1 aliphatic rings. The van der Waals surface area contributed by atoms with Crippen molar-refractivity contribution in [3.05, 3.63) is 76.9 Å². The average Bonchev–Trinajstić information content (AvgIpc) is 3.17. The summed E-state index contributed by atoms with van der Waals surface area (Å²) in [5.74, 6) is 0. The molecule has 1 fully saturated rings. The lowest BCUT2D eigenvalue weighted by atomic mass is 10.1. The number of morpholine rings is 1. The van der Waals surface area contributed by atoms with Crippen LogP contribution < -0.4 is 0 Å². The molecule has 9 heteroatoms. The molecule has 4 rings (SSSR count). The molecule has 1 aromatic heterocycles. The van der Waals surface area contributed by atoms with Gasteiger partial charge in [-0.15, -0.1) is 0 Å². The summed E-state index contributed by atoms with van der Waals surface area (Å²) in [5.41, 5.74) is 3.47. The fourth-order valence-electron chi connectivity index (χ4n) is 4.14. The van der Waals surface area contributed by atoms with Crippen LogP contribution in [-0.2, 0) is 28.0 Å². The van der Waals surface area contributed by atoms with Gasteiger partial charge < -0.3 is 4.74 Å². The van der Waals surface area contributed by atoms with E-state index in [0.29, 0.717) is 24.7 Å². The van der Waals surface area contributed by atoms with E-state index in [4.69, 9.17) is 21.4 Å². The van der Waals surface area contributed by atoms with E-state index in [2.05, 4.69) is 0 Å². The molecular formula is C24H29ClN4O3S. The van der Waals surface area contributed by atoms with Crippen LogP contribution in [0.1, 0.15) is 25.0 Å². The molecule has 0 saturated carbocycles. The van der Waals surface area contributed by atoms with Crippen LogP contribution in [0, 0.1) is 0 Å². The van der Waals surface area contributed by atoms with Crippen molar-refractivity contribution in [1.29, 1.82) is 0 Å². The topological polar surface area (TPSA) is 67.7 Å². The predicted molar refractivity (Wildman–Crippen MR) is 130 cm³/mol. The van der Waals surface area contributed by atoms with Crippen molar-refractivity contribution >= 4 is 21.8 Å². The first kappa shape index (κ1) is 23.9. The normalized spacial score (nSPS) is 19.8. The molecule has 176 valence electrons. The fraction of sp³-hybridized carbons (Fsp3) is 0.375. The molecule has 33 heavy (non-hydrogen) atoms. The standard InChI is InChI=1S/C24H29ClN4O3S/c1-18-13-29(14-19(2)32-18)33(30,31)27(3)15-22-17-28(16-21-11-7-8-12-23(21)25)26-24(22)20-9-5-4-6-10-20/h4-12,17-19H,13-16H2,1-3H3. The maximum absolute atomic E-state index is 13.3. The summed E-state index contributed by atoms with van der Waals surface area (Å²) in [6.45, 7) is 5.17. The van der Waals surface area contributed by atoms with Gasteiger partial charge in [-0.1, -0.05) is 60.1 Å². The Morgan fingerprint density at radius 1 is 1.03 bits per heavy atom. The molecule has 1 saturated heterocycles. The Morgan fingerprint density at radius 2 is 1.67 bits per heavy atom. The van der Waals surface area contributed by atoms with Gasteiger partial charge in [0.25, 0.3) is 10.2 Å². The lowest BCUT2D eigenvalue weighted by Crippen LogP contribution is -2.52. The third-order valence-electron chi connectivity index (χ3n) is 5.67. The second kappa shape index (κ2) is 9.95. The Kier molecular flexibility index (Phi) is 7.21. The molecule has 0 amide bonds. The van der Waals surface area contributed by atoms with E-state index in [9.17, 15) is 8.42 Å². The van der Waals surface area contributed by atoms with Crippen LogP contribution in [0.15, 0.2) is 60.8 Å². The Bertz CT molecular complexity index is 1190. The van der Waals surface area contributed by atoms with Gasteiger partial charge in [-0.2, -0.15) is 22.1 Å². The van der Waals surface area contributed by atoms with Crippen LogP contribution in [0.3, 0.4) is 0 Å². The predicted octanol–water partition coefficient (Wildman–Crippen LogP) is 4.04. The minimum absolute atomic E-state index is 0.143. The molecule has 0 spiro atoms. The van der Waals surface area contributed by atoms with Gasteiger partial charge in [0.2, 0.25) is 0 Å². The molecule has 2 unspecified atom stereocenters. The molecule has 2 atom stereocenters.